The normalized spacial score (nSPS) is 18.0. The Morgan fingerprint density at radius 2 is 1.91 bits per heavy atom. The van der Waals surface area contributed by atoms with Crippen molar-refractivity contribution in [3.05, 3.63) is 77.6 Å². The number of amides is 3. The fourth-order valence-electron chi connectivity index (χ4n) is 4.11. The van der Waals surface area contributed by atoms with Gasteiger partial charge in [0.05, 0.1) is 23.5 Å². The molecule has 3 amide bonds. The molecule has 0 bridgehead atoms. The van der Waals surface area contributed by atoms with Crippen molar-refractivity contribution in [2.45, 2.75) is 12.5 Å². The summed E-state index contributed by atoms with van der Waals surface area (Å²) in [5, 5.41) is 8.48. The van der Waals surface area contributed by atoms with Gasteiger partial charge >= 0.3 is 6.03 Å². The van der Waals surface area contributed by atoms with Crippen LogP contribution in [0.5, 0.6) is 0 Å². The first kappa shape index (κ1) is 22.1. The van der Waals surface area contributed by atoms with E-state index in [2.05, 4.69) is 20.5 Å². The summed E-state index contributed by atoms with van der Waals surface area (Å²) in [5.41, 5.74) is 1.28. The summed E-state index contributed by atoms with van der Waals surface area (Å²) in [4.78, 5) is 33.5. The number of aromatic nitrogens is 1. The maximum atomic E-state index is 13.9. The Morgan fingerprint density at radius 1 is 1.09 bits per heavy atom. The number of hydrogen-bond donors (Lipinski definition) is 2. The topological polar surface area (TPSA) is 77.6 Å². The molecule has 5 rings (SSSR count). The predicted molar refractivity (Wildman–Crippen MR) is 133 cm³/mol. The van der Waals surface area contributed by atoms with Crippen molar-refractivity contribution in [1.29, 1.82) is 0 Å². The molecule has 2 aliphatic rings. The minimum atomic E-state index is -0.591. The quantitative estimate of drug-likeness (QED) is 0.578. The van der Waals surface area contributed by atoms with Gasteiger partial charge in [-0.05, 0) is 30.7 Å². The third kappa shape index (κ3) is 4.65. The van der Waals surface area contributed by atoms with Crippen LogP contribution in [0.25, 0.3) is 10.1 Å². The first-order valence-electron chi connectivity index (χ1n) is 11.1. The number of benzene rings is 1. The molecule has 1 atom stereocenters. The Morgan fingerprint density at radius 3 is 2.68 bits per heavy atom. The van der Waals surface area contributed by atoms with Gasteiger partial charge in [-0.2, -0.15) is 0 Å². The van der Waals surface area contributed by atoms with Crippen molar-refractivity contribution in [2.24, 2.45) is 0 Å². The number of urea groups is 1. The van der Waals surface area contributed by atoms with Crippen LogP contribution in [0.4, 0.5) is 20.7 Å². The standard InChI is InChI=1S/C25H24FN5O2S/c26-20-6-2-3-7-21(20)29-25(33)31-13-11-30(12-14-31)23-10-9-17(15-27-23)28-24(32)19-16-34-22-8-4-1-5-18(19)22/h1-6,8-10,15-16,21H,7,11-14H2,(H,28,32)(H,29,33). The number of hydrogen-bond acceptors (Lipinski definition) is 5. The van der Waals surface area contributed by atoms with E-state index in [4.69, 9.17) is 0 Å². The van der Waals surface area contributed by atoms with Crippen molar-refractivity contribution in [3.63, 3.8) is 0 Å². The molecule has 9 heteroatoms. The van der Waals surface area contributed by atoms with Gasteiger partial charge in [0.2, 0.25) is 0 Å². The monoisotopic (exact) mass is 477 g/mol. The molecular weight excluding hydrogens is 453 g/mol. The lowest BCUT2D eigenvalue weighted by Gasteiger charge is -2.36. The molecular formula is C25H24FN5O2S. The van der Waals surface area contributed by atoms with E-state index in [1.807, 2.05) is 47.9 Å². The average molecular weight is 478 g/mol. The Kier molecular flexibility index (Phi) is 6.27. The number of anilines is 2. The molecule has 3 aromatic rings. The number of nitrogens with one attached hydrogen (secondary N) is 2. The van der Waals surface area contributed by atoms with Gasteiger partial charge in [0.25, 0.3) is 5.91 Å². The van der Waals surface area contributed by atoms with Crippen molar-refractivity contribution in [2.75, 3.05) is 36.4 Å². The maximum absolute atomic E-state index is 13.9. The minimum Gasteiger partial charge on any atom is -0.353 e. The van der Waals surface area contributed by atoms with Gasteiger partial charge in [-0.3, -0.25) is 4.79 Å². The second-order valence-corrected chi connectivity index (χ2v) is 9.11. The Bertz CT molecular complexity index is 1260. The molecule has 174 valence electrons. The van der Waals surface area contributed by atoms with Gasteiger partial charge in [0.15, 0.2) is 0 Å². The molecule has 1 aromatic carbocycles. The lowest BCUT2D eigenvalue weighted by atomic mass is 10.1. The number of nitrogens with zero attached hydrogens (tertiary/aromatic N) is 3. The minimum absolute atomic E-state index is 0.161. The molecule has 1 saturated heterocycles. The third-order valence-electron chi connectivity index (χ3n) is 6.02. The van der Waals surface area contributed by atoms with Crippen molar-refractivity contribution < 1.29 is 14.0 Å². The molecule has 1 unspecified atom stereocenters. The van der Waals surface area contributed by atoms with Crippen LogP contribution in [0.2, 0.25) is 0 Å². The fraction of sp³-hybridized carbons (Fsp3) is 0.240. The van der Waals surface area contributed by atoms with Crippen LogP contribution in [-0.2, 0) is 0 Å². The van der Waals surface area contributed by atoms with Crippen molar-refractivity contribution in [1.82, 2.24) is 15.2 Å². The number of piperazine rings is 1. The smallest absolute Gasteiger partial charge is 0.318 e. The zero-order valence-corrected chi connectivity index (χ0v) is 19.2. The van der Waals surface area contributed by atoms with Crippen LogP contribution in [-0.4, -0.2) is 54.0 Å². The van der Waals surface area contributed by atoms with Crippen LogP contribution in [0.15, 0.2) is 72.0 Å². The van der Waals surface area contributed by atoms with E-state index < -0.39 is 6.04 Å². The predicted octanol–water partition coefficient (Wildman–Crippen LogP) is 4.56. The Hall–Kier alpha value is -3.72. The van der Waals surface area contributed by atoms with E-state index in [1.54, 1.807) is 28.5 Å². The van der Waals surface area contributed by atoms with E-state index >= 15 is 0 Å². The highest BCUT2D eigenvalue weighted by Crippen LogP contribution is 2.26. The largest absolute Gasteiger partial charge is 0.353 e. The van der Waals surface area contributed by atoms with Crippen LogP contribution in [0, 0.1) is 0 Å². The number of rotatable bonds is 4. The highest BCUT2D eigenvalue weighted by Gasteiger charge is 2.25. The lowest BCUT2D eigenvalue weighted by Crippen LogP contribution is -2.53. The lowest BCUT2D eigenvalue weighted by molar-refractivity contribution is 0.102. The number of fused-ring (bicyclic) bond motifs is 1. The second-order valence-electron chi connectivity index (χ2n) is 8.20. The van der Waals surface area contributed by atoms with Crippen LogP contribution >= 0.6 is 11.3 Å². The summed E-state index contributed by atoms with van der Waals surface area (Å²) in [6.45, 7) is 2.28. The van der Waals surface area contributed by atoms with Gasteiger partial charge < -0.3 is 20.4 Å². The molecule has 2 N–H and O–H groups in total. The van der Waals surface area contributed by atoms with E-state index in [1.165, 1.54) is 6.08 Å². The summed E-state index contributed by atoms with van der Waals surface area (Å²) in [7, 11) is 0. The van der Waals surface area contributed by atoms with E-state index in [0.717, 1.165) is 15.9 Å². The number of halogens is 1. The zero-order chi connectivity index (χ0) is 23.5. The van der Waals surface area contributed by atoms with Crippen LogP contribution < -0.4 is 15.5 Å². The summed E-state index contributed by atoms with van der Waals surface area (Å²) >= 11 is 1.55. The highest BCUT2D eigenvalue weighted by molar-refractivity contribution is 7.17. The number of thiophene rings is 1. The van der Waals surface area contributed by atoms with Gasteiger partial charge in [-0.1, -0.05) is 30.4 Å². The molecule has 7 nitrogen and oxygen atoms in total. The number of pyridine rings is 1. The molecule has 1 aliphatic carbocycles. The molecule has 1 aliphatic heterocycles. The zero-order valence-electron chi connectivity index (χ0n) is 18.4. The SMILES string of the molecule is O=C(Nc1ccc(N2CCN(C(=O)NC3CC=CC=C3F)CC2)nc1)c1csc2ccccc12. The summed E-state index contributed by atoms with van der Waals surface area (Å²) in [6.07, 6.45) is 6.99. The number of carbonyl (C=O) groups excluding carboxylic acids is 2. The summed E-state index contributed by atoms with van der Waals surface area (Å²) in [5.74, 6) is 0.301. The molecule has 0 spiro atoms. The number of carbonyl (C=O) groups is 2. The molecule has 34 heavy (non-hydrogen) atoms. The summed E-state index contributed by atoms with van der Waals surface area (Å²) in [6, 6.07) is 10.7. The molecule has 2 aromatic heterocycles. The van der Waals surface area contributed by atoms with Gasteiger partial charge in [0.1, 0.15) is 11.6 Å². The first-order chi connectivity index (χ1) is 16.6. The molecule has 1 fully saturated rings. The van der Waals surface area contributed by atoms with Crippen molar-refractivity contribution in [3.8, 4) is 0 Å². The molecule has 3 heterocycles. The van der Waals surface area contributed by atoms with Crippen molar-refractivity contribution >= 4 is 44.9 Å². The van der Waals surface area contributed by atoms with Crippen LogP contribution in [0.1, 0.15) is 16.8 Å². The summed E-state index contributed by atoms with van der Waals surface area (Å²) < 4.78 is 14.9. The second kappa shape index (κ2) is 9.64. The van der Waals surface area contributed by atoms with Crippen LogP contribution in [0.3, 0.4) is 0 Å². The van der Waals surface area contributed by atoms with Gasteiger partial charge in [-0.15, -0.1) is 11.3 Å². The Labute approximate surface area is 200 Å². The Balaban J connectivity index is 1.15. The van der Waals surface area contributed by atoms with E-state index in [-0.39, 0.29) is 17.8 Å². The first-order valence-corrected chi connectivity index (χ1v) is 12.0. The van der Waals surface area contributed by atoms with E-state index in [0.29, 0.717) is 43.9 Å². The van der Waals surface area contributed by atoms with E-state index in [9.17, 15) is 14.0 Å². The average Bonchev–Trinajstić information content (AvgIpc) is 3.30. The van der Waals surface area contributed by atoms with Gasteiger partial charge in [0, 0.05) is 41.6 Å². The fourth-order valence-corrected chi connectivity index (χ4v) is 5.05. The molecule has 0 radical (unpaired) electrons. The third-order valence-corrected chi connectivity index (χ3v) is 6.98. The highest BCUT2D eigenvalue weighted by atomic mass is 32.1. The maximum Gasteiger partial charge on any atom is 0.318 e. The molecule has 0 saturated carbocycles. The van der Waals surface area contributed by atoms with Gasteiger partial charge in [-0.25, -0.2) is 14.2 Å². The number of allylic oxidation sites excluding steroid dienone is 2.